The van der Waals surface area contributed by atoms with E-state index in [2.05, 4.69) is 51.3 Å². The average Bonchev–Trinajstić information content (AvgIpc) is 3.01. The normalized spacial score (nSPS) is 13.2. The molecule has 3 aromatic carbocycles. The first-order valence-electron chi connectivity index (χ1n) is 15.4. The van der Waals surface area contributed by atoms with Crippen LogP contribution in [0.1, 0.15) is 51.2 Å². The maximum absolute atomic E-state index is 13.3. The number of benzene rings is 3. The van der Waals surface area contributed by atoms with Crippen LogP contribution < -0.4 is 14.8 Å². The van der Waals surface area contributed by atoms with Crippen molar-refractivity contribution >= 4 is 19.8 Å². The number of carbonyl (C=O) groups excluding carboxylic acids is 1. The van der Waals surface area contributed by atoms with E-state index in [1.807, 2.05) is 66.7 Å². The lowest BCUT2D eigenvalue weighted by molar-refractivity contribution is -0.125. The van der Waals surface area contributed by atoms with E-state index < -0.39 is 8.32 Å². The van der Waals surface area contributed by atoms with Crippen molar-refractivity contribution < 1.29 is 28.2 Å². The predicted octanol–water partition coefficient (Wildman–Crippen LogP) is 8.05. The molecule has 0 saturated heterocycles. The average molecular weight is 622 g/mol. The van der Waals surface area contributed by atoms with Gasteiger partial charge in [0.15, 0.2) is 14.1 Å². The van der Waals surface area contributed by atoms with E-state index in [0.29, 0.717) is 25.6 Å². The molecule has 0 aromatic heterocycles. The molecule has 0 spiro atoms. The summed E-state index contributed by atoms with van der Waals surface area (Å²) >= 11 is 0. The van der Waals surface area contributed by atoms with E-state index >= 15 is 0 Å². The van der Waals surface area contributed by atoms with Gasteiger partial charge >= 0.3 is 0 Å². The van der Waals surface area contributed by atoms with Crippen LogP contribution in [0.25, 0.3) is 0 Å². The minimum absolute atomic E-state index is 0.00301. The van der Waals surface area contributed by atoms with Crippen molar-refractivity contribution in [2.75, 3.05) is 32.8 Å². The van der Waals surface area contributed by atoms with Crippen LogP contribution in [0.2, 0.25) is 18.1 Å². The summed E-state index contributed by atoms with van der Waals surface area (Å²) in [4.78, 5) is 13.3. The molecule has 0 saturated carbocycles. The lowest BCUT2D eigenvalue weighted by atomic mass is 9.99. The summed E-state index contributed by atoms with van der Waals surface area (Å²) in [6.45, 7) is 12.7. The molecule has 2 atom stereocenters. The van der Waals surface area contributed by atoms with Crippen LogP contribution in [-0.4, -0.2) is 53.7 Å². The van der Waals surface area contributed by atoms with Gasteiger partial charge < -0.3 is 28.7 Å². The minimum Gasteiger partial charge on any atom is -0.497 e. The zero-order valence-corrected chi connectivity index (χ0v) is 28.6. The van der Waals surface area contributed by atoms with Crippen LogP contribution in [0, 0.1) is 0 Å². The molecule has 0 bridgehead atoms. The SMILES string of the molecule is COc1ccc(COCC(=O)CC(Nc2ccccc2OC)[C@H](CCCO[Si](C)(C)C(C)(C)C)OCc2ccccc2)cc1. The van der Waals surface area contributed by atoms with Crippen molar-refractivity contribution in [3.63, 3.8) is 0 Å². The Morgan fingerprint density at radius 1 is 0.841 bits per heavy atom. The molecule has 0 radical (unpaired) electrons. The predicted molar refractivity (Wildman–Crippen MR) is 180 cm³/mol. The number of ether oxygens (including phenoxy) is 4. The molecular weight excluding hydrogens is 570 g/mol. The van der Waals surface area contributed by atoms with Gasteiger partial charge in [0, 0.05) is 13.0 Å². The Balaban J connectivity index is 1.74. The largest absolute Gasteiger partial charge is 0.497 e. The quantitative estimate of drug-likeness (QED) is 0.107. The van der Waals surface area contributed by atoms with E-state index in [1.165, 1.54) is 0 Å². The van der Waals surface area contributed by atoms with Gasteiger partial charge in [-0.15, -0.1) is 0 Å². The second-order valence-electron chi connectivity index (χ2n) is 12.6. The fourth-order valence-corrected chi connectivity index (χ4v) is 5.64. The molecule has 0 heterocycles. The van der Waals surface area contributed by atoms with Crippen molar-refractivity contribution in [1.29, 1.82) is 0 Å². The Morgan fingerprint density at radius 3 is 2.16 bits per heavy atom. The maximum Gasteiger partial charge on any atom is 0.191 e. The Kier molecular flexibility index (Phi) is 13.9. The molecule has 7 nitrogen and oxygen atoms in total. The summed E-state index contributed by atoms with van der Waals surface area (Å²) in [5.41, 5.74) is 2.88. The topological polar surface area (TPSA) is 75.3 Å². The van der Waals surface area contributed by atoms with Gasteiger partial charge in [0.1, 0.15) is 18.1 Å². The van der Waals surface area contributed by atoms with Gasteiger partial charge in [-0.25, -0.2) is 0 Å². The Morgan fingerprint density at radius 2 is 1.50 bits per heavy atom. The van der Waals surface area contributed by atoms with Crippen molar-refractivity contribution in [3.05, 3.63) is 90.0 Å². The van der Waals surface area contributed by atoms with Gasteiger partial charge in [0.05, 0.1) is 45.3 Å². The van der Waals surface area contributed by atoms with Crippen molar-refractivity contribution in [1.82, 2.24) is 0 Å². The third-order valence-electron chi connectivity index (χ3n) is 8.24. The first-order chi connectivity index (χ1) is 21.0. The monoisotopic (exact) mass is 621 g/mol. The van der Waals surface area contributed by atoms with Crippen LogP contribution >= 0.6 is 0 Å². The zero-order valence-electron chi connectivity index (χ0n) is 27.6. The van der Waals surface area contributed by atoms with Crippen LogP contribution in [-0.2, 0) is 31.9 Å². The third kappa shape index (κ3) is 11.4. The van der Waals surface area contributed by atoms with Crippen molar-refractivity contribution in [2.45, 2.75) is 83.5 Å². The van der Waals surface area contributed by atoms with Gasteiger partial charge in [-0.1, -0.05) is 75.4 Å². The fourth-order valence-electron chi connectivity index (χ4n) is 4.55. The smallest absolute Gasteiger partial charge is 0.191 e. The van der Waals surface area contributed by atoms with Crippen LogP contribution in [0.3, 0.4) is 0 Å². The fraction of sp³-hybridized carbons (Fsp3) is 0.472. The number of anilines is 1. The highest BCUT2D eigenvalue weighted by molar-refractivity contribution is 6.74. The lowest BCUT2D eigenvalue weighted by Crippen LogP contribution is -2.41. The second kappa shape index (κ2) is 17.3. The van der Waals surface area contributed by atoms with Gasteiger partial charge in [0.25, 0.3) is 0 Å². The Bertz CT molecular complexity index is 1260. The van der Waals surface area contributed by atoms with Crippen molar-refractivity contribution in [3.8, 4) is 11.5 Å². The molecule has 1 unspecified atom stereocenters. The van der Waals surface area contributed by atoms with Crippen molar-refractivity contribution in [2.24, 2.45) is 0 Å². The molecule has 0 amide bonds. The molecule has 0 aliphatic rings. The summed E-state index contributed by atoms with van der Waals surface area (Å²) in [5.74, 6) is 1.49. The standard InChI is InChI=1S/C36H51NO6Si/c1-36(2,3)44(6,7)43-23-13-18-35(42-26-28-14-9-8-10-15-28)33(37-32-16-11-12-17-34(32)40-5)24-30(38)27-41-25-29-19-21-31(39-4)22-20-29/h8-12,14-17,19-22,33,35,37H,13,18,23-27H2,1-7H3/t33?,35-/m0/s1. The Labute approximate surface area is 265 Å². The molecule has 0 aliphatic carbocycles. The number of ketones is 1. The van der Waals surface area contributed by atoms with E-state index in [1.54, 1.807) is 14.2 Å². The first kappa shape index (κ1) is 35.3. The van der Waals surface area contributed by atoms with E-state index in [4.69, 9.17) is 23.4 Å². The number of hydrogen-bond donors (Lipinski definition) is 1. The highest BCUT2D eigenvalue weighted by atomic mass is 28.4. The lowest BCUT2D eigenvalue weighted by Gasteiger charge is -2.36. The summed E-state index contributed by atoms with van der Waals surface area (Å²) in [6, 6.07) is 25.2. The Hall–Kier alpha value is -3.17. The summed E-state index contributed by atoms with van der Waals surface area (Å²) in [7, 11) is 1.41. The highest BCUT2D eigenvalue weighted by Crippen LogP contribution is 2.36. The number of Topliss-reactive ketones (excluding diaryl/α,β-unsaturated/α-hetero) is 1. The molecular formula is C36H51NO6Si. The van der Waals surface area contributed by atoms with Gasteiger partial charge in [-0.2, -0.15) is 0 Å². The van der Waals surface area contributed by atoms with Crippen LogP contribution in [0.5, 0.6) is 11.5 Å². The number of methoxy groups -OCH3 is 2. The molecule has 240 valence electrons. The molecule has 3 aromatic rings. The second-order valence-corrected chi connectivity index (χ2v) is 17.4. The van der Waals surface area contributed by atoms with E-state index in [-0.39, 0.29) is 36.0 Å². The molecule has 0 aliphatic heterocycles. The van der Waals surface area contributed by atoms with Crippen LogP contribution in [0.15, 0.2) is 78.9 Å². The number of rotatable bonds is 19. The summed E-state index contributed by atoms with van der Waals surface area (Å²) in [6.07, 6.45) is 1.53. The van der Waals surface area contributed by atoms with Gasteiger partial charge in [-0.05, 0) is 66.4 Å². The van der Waals surface area contributed by atoms with E-state index in [0.717, 1.165) is 35.4 Å². The molecule has 3 rings (SSSR count). The molecule has 0 fully saturated rings. The van der Waals surface area contributed by atoms with Gasteiger partial charge in [0.2, 0.25) is 0 Å². The highest BCUT2D eigenvalue weighted by Gasteiger charge is 2.37. The van der Waals surface area contributed by atoms with Gasteiger partial charge in [-0.3, -0.25) is 4.79 Å². The summed E-state index contributed by atoms with van der Waals surface area (Å²) in [5, 5.41) is 3.74. The minimum atomic E-state index is -1.87. The number of carbonyl (C=O) groups is 1. The van der Waals surface area contributed by atoms with Crippen LogP contribution in [0.4, 0.5) is 5.69 Å². The number of para-hydroxylation sites is 2. The number of nitrogens with one attached hydrogen (secondary N) is 1. The molecule has 8 heteroatoms. The maximum atomic E-state index is 13.3. The third-order valence-corrected chi connectivity index (χ3v) is 12.8. The van der Waals surface area contributed by atoms with E-state index in [9.17, 15) is 4.79 Å². The molecule has 44 heavy (non-hydrogen) atoms. The summed E-state index contributed by atoms with van der Waals surface area (Å²) < 4.78 is 29.7. The first-order valence-corrected chi connectivity index (χ1v) is 18.3. The zero-order chi connectivity index (χ0) is 32.0. The molecule has 1 N–H and O–H groups in total. The number of hydrogen-bond acceptors (Lipinski definition) is 7.